The molecule has 19 heavy (non-hydrogen) atoms. The number of phenols is 1. The van der Waals surface area contributed by atoms with E-state index in [4.69, 9.17) is 4.74 Å². The van der Waals surface area contributed by atoms with E-state index < -0.39 is 0 Å². The van der Waals surface area contributed by atoms with Crippen LogP contribution >= 0.6 is 0 Å². The van der Waals surface area contributed by atoms with Gasteiger partial charge in [-0.15, -0.1) is 0 Å². The van der Waals surface area contributed by atoms with Crippen molar-refractivity contribution in [3.63, 3.8) is 0 Å². The van der Waals surface area contributed by atoms with Crippen molar-refractivity contribution in [2.24, 2.45) is 0 Å². The summed E-state index contributed by atoms with van der Waals surface area (Å²) >= 11 is 0. The van der Waals surface area contributed by atoms with E-state index in [2.05, 4.69) is 34.6 Å². The second-order valence-corrected chi connectivity index (χ2v) is 6.22. The first kappa shape index (κ1) is 14.2. The average molecular weight is 261 g/mol. The Morgan fingerprint density at radius 3 is 2.05 bits per heavy atom. The summed E-state index contributed by atoms with van der Waals surface area (Å²) in [5, 5.41) is 10.7. The molecular weight excluding hydrogens is 236 g/mol. The third kappa shape index (κ3) is 2.33. The van der Waals surface area contributed by atoms with Gasteiger partial charge in [0.2, 0.25) is 0 Å². The van der Waals surface area contributed by atoms with Crippen LogP contribution in [0, 0.1) is 13.0 Å². The topological polar surface area (TPSA) is 29.5 Å². The fourth-order valence-electron chi connectivity index (χ4n) is 3.18. The summed E-state index contributed by atoms with van der Waals surface area (Å²) in [7, 11) is 0. The van der Waals surface area contributed by atoms with Gasteiger partial charge >= 0.3 is 0 Å². The zero-order valence-corrected chi connectivity index (χ0v) is 12.9. The maximum absolute atomic E-state index is 10.7. The summed E-state index contributed by atoms with van der Waals surface area (Å²) < 4.78 is 6.00. The van der Waals surface area contributed by atoms with Gasteiger partial charge in [-0.25, -0.2) is 0 Å². The van der Waals surface area contributed by atoms with Crippen LogP contribution in [0.1, 0.15) is 75.1 Å². The Hall–Kier alpha value is -1.18. The SMILES string of the molecule is C[C]1CCc2c(c(C)c(C(C)C)c(O)c2C(C)C)O1. The van der Waals surface area contributed by atoms with E-state index in [0.717, 1.165) is 41.4 Å². The van der Waals surface area contributed by atoms with Gasteiger partial charge in [0.05, 0.1) is 0 Å². The summed E-state index contributed by atoms with van der Waals surface area (Å²) in [4.78, 5) is 0. The minimum absolute atomic E-state index is 0.300. The Balaban J connectivity index is 2.74. The molecule has 0 fully saturated rings. The molecule has 105 valence electrons. The number of benzene rings is 1. The normalized spacial score (nSPS) is 15.8. The van der Waals surface area contributed by atoms with Crippen molar-refractivity contribution in [3.05, 3.63) is 28.4 Å². The Labute approximate surface area is 116 Å². The predicted molar refractivity (Wildman–Crippen MR) is 78.9 cm³/mol. The highest BCUT2D eigenvalue weighted by Gasteiger charge is 2.29. The van der Waals surface area contributed by atoms with Gasteiger partial charge in [0.15, 0.2) is 0 Å². The molecule has 2 heteroatoms. The third-order valence-corrected chi connectivity index (χ3v) is 4.01. The smallest absolute Gasteiger partial charge is 0.146 e. The van der Waals surface area contributed by atoms with Crippen LogP contribution in [0.2, 0.25) is 0 Å². The molecule has 0 spiro atoms. The summed E-state index contributed by atoms with van der Waals surface area (Å²) in [6.07, 6.45) is 3.00. The number of rotatable bonds is 2. The van der Waals surface area contributed by atoms with Crippen LogP contribution in [0.5, 0.6) is 11.5 Å². The lowest BCUT2D eigenvalue weighted by Gasteiger charge is -2.30. The molecule has 1 radical (unpaired) electrons. The van der Waals surface area contributed by atoms with E-state index in [0.29, 0.717) is 17.6 Å². The Morgan fingerprint density at radius 1 is 0.947 bits per heavy atom. The molecule has 0 unspecified atom stereocenters. The van der Waals surface area contributed by atoms with Gasteiger partial charge in [0.25, 0.3) is 0 Å². The number of hydrogen-bond donors (Lipinski definition) is 1. The molecule has 0 aliphatic carbocycles. The fraction of sp³-hybridized carbons (Fsp3) is 0.588. The summed E-state index contributed by atoms with van der Waals surface area (Å²) in [6.45, 7) is 12.6. The molecule has 1 aromatic carbocycles. The highest BCUT2D eigenvalue weighted by molar-refractivity contribution is 5.61. The van der Waals surface area contributed by atoms with E-state index in [1.807, 2.05) is 6.92 Å². The van der Waals surface area contributed by atoms with Crippen molar-refractivity contribution < 1.29 is 9.84 Å². The van der Waals surface area contributed by atoms with E-state index in [1.165, 1.54) is 5.56 Å². The van der Waals surface area contributed by atoms with Crippen molar-refractivity contribution >= 4 is 0 Å². The average Bonchev–Trinajstić information content (AvgIpc) is 2.29. The largest absolute Gasteiger partial charge is 0.507 e. The maximum Gasteiger partial charge on any atom is 0.146 e. The van der Waals surface area contributed by atoms with Gasteiger partial charge in [-0.1, -0.05) is 27.7 Å². The second kappa shape index (κ2) is 5.07. The van der Waals surface area contributed by atoms with E-state index in [1.54, 1.807) is 0 Å². The zero-order chi connectivity index (χ0) is 14.3. The van der Waals surface area contributed by atoms with Gasteiger partial charge in [-0.3, -0.25) is 0 Å². The molecule has 1 aromatic rings. The van der Waals surface area contributed by atoms with Gasteiger partial charge in [-0.2, -0.15) is 0 Å². The number of ether oxygens (including phenoxy) is 1. The first-order valence-corrected chi connectivity index (χ1v) is 7.23. The second-order valence-electron chi connectivity index (χ2n) is 6.22. The number of hydrogen-bond acceptors (Lipinski definition) is 2. The van der Waals surface area contributed by atoms with E-state index >= 15 is 0 Å². The molecular formula is C17H25O2. The monoisotopic (exact) mass is 261 g/mol. The lowest BCUT2D eigenvalue weighted by molar-refractivity contribution is 0.289. The van der Waals surface area contributed by atoms with E-state index in [-0.39, 0.29) is 0 Å². The highest BCUT2D eigenvalue weighted by atomic mass is 16.5. The van der Waals surface area contributed by atoms with Crippen LogP contribution in [0.3, 0.4) is 0 Å². The quantitative estimate of drug-likeness (QED) is 0.826. The van der Waals surface area contributed by atoms with Gasteiger partial charge in [0.1, 0.15) is 17.6 Å². The third-order valence-electron chi connectivity index (χ3n) is 4.01. The lowest BCUT2D eigenvalue weighted by Crippen LogP contribution is -2.17. The van der Waals surface area contributed by atoms with Crippen molar-refractivity contribution in [3.8, 4) is 11.5 Å². The van der Waals surface area contributed by atoms with E-state index in [9.17, 15) is 5.11 Å². The molecule has 0 aromatic heterocycles. The Kier molecular flexibility index (Phi) is 3.80. The predicted octanol–water partition coefficient (Wildman–Crippen LogP) is 4.82. The van der Waals surface area contributed by atoms with Crippen LogP contribution in [0.4, 0.5) is 0 Å². The standard InChI is InChI=1S/C17H25O2/c1-9(2)14-12(6)17-13(8-7-11(5)19-17)15(10(3)4)16(14)18/h9-10,18H,7-8H2,1-6H3. The number of phenolic OH excluding ortho intramolecular Hbond substituents is 1. The van der Waals surface area contributed by atoms with Crippen LogP contribution < -0.4 is 4.74 Å². The molecule has 1 aliphatic heterocycles. The van der Waals surface area contributed by atoms with Gasteiger partial charge in [0, 0.05) is 16.7 Å². The fourth-order valence-corrected chi connectivity index (χ4v) is 3.18. The van der Waals surface area contributed by atoms with Gasteiger partial charge < -0.3 is 9.84 Å². The van der Waals surface area contributed by atoms with Gasteiger partial charge in [-0.05, 0) is 44.1 Å². The molecule has 2 rings (SSSR count). The summed E-state index contributed by atoms with van der Waals surface area (Å²) in [5.74, 6) is 2.10. The minimum atomic E-state index is 0.300. The Bertz CT molecular complexity index is 487. The van der Waals surface area contributed by atoms with Crippen LogP contribution in [-0.4, -0.2) is 5.11 Å². The van der Waals surface area contributed by atoms with Crippen molar-refractivity contribution in [2.45, 2.75) is 66.2 Å². The molecule has 1 N–H and O–H groups in total. The molecule has 0 atom stereocenters. The number of fused-ring (bicyclic) bond motifs is 1. The molecule has 0 saturated carbocycles. The molecule has 2 nitrogen and oxygen atoms in total. The minimum Gasteiger partial charge on any atom is -0.507 e. The molecule has 0 bridgehead atoms. The summed E-state index contributed by atoms with van der Waals surface area (Å²) in [6, 6.07) is 0. The highest BCUT2D eigenvalue weighted by Crippen LogP contribution is 2.47. The molecule has 1 aliphatic rings. The first-order chi connectivity index (χ1) is 8.84. The summed E-state index contributed by atoms with van der Waals surface area (Å²) in [5.41, 5.74) is 4.43. The van der Waals surface area contributed by atoms with Crippen LogP contribution in [0.25, 0.3) is 0 Å². The molecule has 1 heterocycles. The molecule has 0 amide bonds. The zero-order valence-electron chi connectivity index (χ0n) is 12.9. The van der Waals surface area contributed by atoms with Crippen molar-refractivity contribution in [2.75, 3.05) is 0 Å². The lowest BCUT2D eigenvalue weighted by atomic mass is 9.83. The van der Waals surface area contributed by atoms with Crippen LogP contribution in [-0.2, 0) is 6.42 Å². The Morgan fingerprint density at radius 2 is 1.53 bits per heavy atom. The van der Waals surface area contributed by atoms with Crippen LogP contribution in [0.15, 0.2) is 0 Å². The number of aromatic hydroxyl groups is 1. The molecule has 0 saturated heterocycles. The maximum atomic E-state index is 10.7. The first-order valence-electron chi connectivity index (χ1n) is 7.23. The van der Waals surface area contributed by atoms with Crippen molar-refractivity contribution in [1.29, 1.82) is 0 Å². The van der Waals surface area contributed by atoms with Crippen molar-refractivity contribution in [1.82, 2.24) is 0 Å².